The number of nitrogens with zero attached hydrogens (tertiary/aromatic N) is 2. The molecule has 0 radical (unpaired) electrons. The molecule has 2 aromatic heterocycles. The number of aromatic nitrogens is 3. The number of aromatic amines is 1. The van der Waals surface area contributed by atoms with Crippen molar-refractivity contribution in [3.8, 4) is 0 Å². The summed E-state index contributed by atoms with van der Waals surface area (Å²) in [6.07, 6.45) is 5.96. The van der Waals surface area contributed by atoms with Crippen LogP contribution in [0.3, 0.4) is 0 Å². The minimum atomic E-state index is -0.408. The van der Waals surface area contributed by atoms with Crippen LogP contribution in [0.15, 0.2) is 46.3 Å². The molecular formula is C21H24N4O2S. The molecule has 146 valence electrons. The van der Waals surface area contributed by atoms with Gasteiger partial charge in [-0.2, -0.15) is 0 Å². The van der Waals surface area contributed by atoms with E-state index < -0.39 is 5.92 Å². The fraction of sp³-hybridized carbons (Fsp3) is 0.429. The van der Waals surface area contributed by atoms with Gasteiger partial charge in [-0.3, -0.25) is 14.6 Å². The van der Waals surface area contributed by atoms with Crippen molar-refractivity contribution in [2.24, 2.45) is 11.3 Å². The van der Waals surface area contributed by atoms with Crippen LogP contribution in [0.4, 0.5) is 5.82 Å². The topological polar surface area (TPSA) is 87.7 Å². The van der Waals surface area contributed by atoms with Crippen LogP contribution in [0.1, 0.15) is 51.2 Å². The zero-order valence-electron chi connectivity index (χ0n) is 16.4. The average Bonchev–Trinajstić information content (AvgIpc) is 2.59. The zero-order chi connectivity index (χ0) is 20.1. The first-order valence-electron chi connectivity index (χ1n) is 9.48. The summed E-state index contributed by atoms with van der Waals surface area (Å²) in [5.74, 6) is -0.0953. The van der Waals surface area contributed by atoms with Crippen LogP contribution in [-0.4, -0.2) is 26.0 Å². The predicted octanol–water partition coefficient (Wildman–Crippen LogP) is 3.72. The number of fused-ring (bicyclic) bond motifs is 2. The second-order valence-corrected chi connectivity index (χ2v) is 9.96. The highest BCUT2D eigenvalue weighted by Gasteiger charge is 2.45. The van der Waals surface area contributed by atoms with Gasteiger partial charge in [-0.1, -0.05) is 45.5 Å². The molecule has 7 heteroatoms. The van der Waals surface area contributed by atoms with Gasteiger partial charge in [0.05, 0.1) is 11.5 Å². The molecule has 6 nitrogen and oxygen atoms in total. The summed E-state index contributed by atoms with van der Waals surface area (Å²) in [5, 5.41) is 4.20. The molecule has 0 saturated heterocycles. The second-order valence-electron chi connectivity index (χ2n) is 8.39. The highest BCUT2D eigenvalue weighted by Crippen LogP contribution is 2.47. The number of nitrogens with one attached hydrogen (secondary N) is 2. The van der Waals surface area contributed by atoms with E-state index in [2.05, 4.69) is 54.0 Å². The number of rotatable bonds is 3. The normalized spacial score (nSPS) is 22.9. The third-order valence-corrected chi connectivity index (χ3v) is 6.00. The maximum absolute atomic E-state index is 13.1. The monoisotopic (exact) mass is 396 g/mol. The summed E-state index contributed by atoms with van der Waals surface area (Å²) in [4.78, 5) is 37.9. The van der Waals surface area contributed by atoms with E-state index in [9.17, 15) is 9.59 Å². The van der Waals surface area contributed by atoms with Gasteiger partial charge in [-0.05, 0) is 23.1 Å². The molecule has 0 bridgehead atoms. The predicted molar refractivity (Wildman–Crippen MR) is 111 cm³/mol. The van der Waals surface area contributed by atoms with E-state index in [0.717, 1.165) is 11.3 Å². The van der Waals surface area contributed by atoms with Crippen molar-refractivity contribution in [2.45, 2.75) is 50.4 Å². The smallest absolute Gasteiger partial charge is 0.257 e. The summed E-state index contributed by atoms with van der Waals surface area (Å²) in [5.41, 5.74) is 1.84. The van der Waals surface area contributed by atoms with Crippen LogP contribution in [0.5, 0.6) is 0 Å². The second kappa shape index (κ2) is 6.88. The molecule has 0 fully saturated rings. The molecule has 2 aliphatic rings. The number of ketones is 1. The molecule has 28 heavy (non-hydrogen) atoms. The lowest BCUT2D eigenvalue weighted by molar-refractivity contribution is -0.124. The van der Waals surface area contributed by atoms with Crippen LogP contribution in [0.25, 0.3) is 0 Å². The van der Waals surface area contributed by atoms with Crippen molar-refractivity contribution in [2.75, 3.05) is 5.32 Å². The number of hydrogen-bond donors (Lipinski definition) is 2. The third kappa shape index (κ3) is 3.39. The first-order chi connectivity index (χ1) is 13.2. The maximum Gasteiger partial charge on any atom is 0.257 e. The lowest BCUT2D eigenvalue weighted by atomic mass is 9.67. The van der Waals surface area contributed by atoms with Crippen molar-refractivity contribution in [3.63, 3.8) is 0 Å². The quantitative estimate of drug-likeness (QED) is 0.607. The molecule has 0 spiro atoms. The standard InChI is InChI=1S/C21H24N4O2S/c1-11(2)28-20-24-18-17(19(27)25-20)15(12-5-7-22-8-6-12)16-13(23-18)9-21(3,4)10-14(16)26/h5-9,11,15-16H,10H2,1-4H3,(H2,23,24,25,27)/t15-,16-/m1/s1. The number of Topliss-reactive ketones (excluding diaryl/α,β-unsaturated/α-hetero) is 1. The number of hydrogen-bond acceptors (Lipinski definition) is 6. The Morgan fingerprint density at radius 2 is 1.89 bits per heavy atom. The molecule has 1 aliphatic heterocycles. The van der Waals surface area contributed by atoms with Gasteiger partial charge in [-0.15, -0.1) is 0 Å². The van der Waals surface area contributed by atoms with Gasteiger partial charge < -0.3 is 10.3 Å². The number of anilines is 1. The van der Waals surface area contributed by atoms with Gasteiger partial charge in [0.25, 0.3) is 5.56 Å². The van der Waals surface area contributed by atoms with E-state index in [1.165, 1.54) is 11.8 Å². The number of carbonyl (C=O) groups is 1. The first kappa shape index (κ1) is 18.9. The van der Waals surface area contributed by atoms with E-state index >= 15 is 0 Å². The molecule has 0 saturated carbocycles. The zero-order valence-corrected chi connectivity index (χ0v) is 17.3. The summed E-state index contributed by atoms with van der Waals surface area (Å²) in [7, 11) is 0. The Hall–Kier alpha value is -2.41. The van der Waals surface area contributed by atoms with Crippen LogP contribution >= 0.6 is 11.8 Å². The highest BCUT2D eigenvalue weighted by molar-refractivity contribution is 7.99. The average molecular weight is 397 g/mol. The first-order valence-corrected chi connectivity index (χ1v) is 10.4. The van der Waals surface area contributed by atoms with Gasteiger partial charge in [0.15, 0.2) is 5.16 Å². The largest absolute Gasteiger partial charge is 0.343 e. The summed E-state index contributed by atoms with van der Waals surface area (Å²) >= 11 is 1.51. The third-order valence-electron chi connectivity index (χ3n) is 5.11. The Labute approximate surface area is 168 Å². The molecule has 3 heterocycles. The molecule has 2 atom stereocenters. The Bertz CT molecular complexity index is 1010. The Kier molecular flexibility index (Phi) is 4.65. The number of carbonyl (C=O) groups excluding carboxylic acids is 1. The number of thioether (sulfide) groups is 1. The number of H-pyrrole nitrogens is 1. The number of pyridine rings is 1. The van der Waals surface area contributed by atoms with Gasteiger partial charge in [-0.25, -0.2) is 4.98 Å². The fourth-order valence-electron chi connectivity index (χ4n) is 4.13. The SMILES string of the molecule is CC(C)Sc1nc2c(c(=O)[nH]1)[C@H](c1ccncc1)[C@H]1C(=O)CC(C)(C)C=C1N2. The Morgan fingerprint density at radius 3 is 2.57 bits per heavy atom. The minimum Gasteiger partial charge on any atom is -0.343 e. The molecule has 0 aromatic carbocycles. The highest BCUT2D eigenvalue weighted by atomic mass is 32.2. The van der Waals surface area contributed by atoms with Crippen molar-refractivity contribution in [3.05, 3.63) is 57.8 Å². The van der Waals surface area contributed by atoms with Crippen molar-refractivity contribution in [1.29, 1.82) is 0 Å². The van der Waals surface area contributed by atoms with Crippen LogP contribution < -0.4 is 10.9 Å². The lowest BCUT2D eigenvalue weighted by Gasteiger charge is -2.40. The minimum absolute atomic E-state index is 0.141. The van der Waals surface area contributed by atoms with E-state index in [4.69, 9.17) is 0 Å². The fourth-order valence-corrected chi connectivity index (χ4v) is 4.87. The number of allylic oxidation sites excluding steroid dienone is 2. The van der Waals surface area contributed by atoms with Gasteiger partial charge in [0.2, 0.25) is 0 Å². The van der Waals surface area contributed by atoms with Crippen molar-refractivity contribution < 1.29 is 4.79 Å². The Morgan fingerprint density at radius 1 is 1.18 bits per heavy atom. The Balaban J connectivity index is 1.94. The summed E-state index contributed by atoms with van der Waals surface area (Å²) < 4.78 is 0. The molecule has 1 aliphatic carbocycles. The van der Waals surface area contributed by atoms with Gasteiger partial charge >= 0.3 is 0 Å². The summed E-state index contributed by atoms with van der Waals surface area (Å²) in [6, 6.07) is 3.75. The van der Waals surface area contributed by atoms with E-state index in [1.807, 2.05) is 12.1 Å². The molecule has 0 unspecified atom stereocenters. The summed E-state index contributed by atoms with van der Waals surface area (Å²) in [6.45, 7) is 8.21. The van der Waals surface area contributed by atoms with Gasteiger partial charge in [0, 0.05) is 35.7 Å². The molecule has 2 aromatic rings. The van der Waals surface area contributed by atoms with E-state index in [-0.39, 0.29) is 22.7 Å². The molecule has 2 N–H and O–H groups in total. The van der Waals surface area contributed by atoms with Crippen LogP contribution in [0.2, 0.25) is 0 Å². The molecule has 4 rings (SSSR count). The van der Waals surface area contributed by atoms with Gasteiger partial charge in [0.1, 0.15) is 11.6 Å². The maximum atomic E-state index is 13.1. The lowest BCUT2D eigenvalue weighted by Crippen LogP contribution is -2.41. The van der Waals surface area contributed by atoms with Crippen LogP contribution in [0, 0.1) is 11.3 Å². The molecule has 0 amide bonds. The van der Waals surface area contributed by atoms with Crippen molar-refractivity contribution >= 4 is 23.4 Å². The van der Waals surface area contributed by atoms with E-state index in [1.54, 1.807) is 12.4 Å². The molecular weight excluding hydrogens is 372 g/mol. The van der Waals surface area contributed by atoms with Crippen LogP contribution in [-0.2, 0) is 4.79 Å². The van der Waals surface area contributed by atoms with Crippen molar-refractivity contribution in [1.82, 2.24) is 15.0 Å². The van der Waals surface area contributed by atoms with E-state index in [0.29, 0.717) is 28.2 Å².